The Bertz CT molecular complexity index is 473. The number of carbonyl (C=O) groups is 1. The van der Waals surface area contributed by atoms with Gasteiger partial charge in [0.15, 0.2) is 0 Å². The molecule has 1 aromatic rings. The molecule has 0 aliphatic carbocycles. The van der Waals surface area contributed by atoms with Crippen LogP contribution in [-0.4, -0.2) is 37.9 Å². The molecule has 0 aromatic heterocycles. The SMILES string of the molecule is Cc1cc(NC(=O)NC(CO)CC(C)C)ccc1N(C)C. The molecule has 21 heavy (non-hydrogen) atoms. The van der Waals surface area contributed by atoms with E-state index in [0.29, 0.717) is 5.92 Å². The summed E-state index contributed by atoms with van der Waals surface area (Å²) in [6, 6.07) is 5.28. The van der Waals surface area contributed by atoms with Gasteiger partial charge in [0.2, 0.25) is 0 Å². The molecule has 118 valence electrons. The normalized spacial score (nSPS) is 12.1. The number of benzene rings is 1. The number of amides is 2. The molecule has 0 aliphatic heterocycles. The molecule has 5 heteroatoms. The van der Waals surface area contributed by atoms with Crippen molar-refractivity contribution in [3.8, 4) is 0 Å². The van der Waals surface area contributed by atoms with Crippen LogP contribution in [0.4, 0.5) is 16.2 Å². The summed E-state index contributed by atoms with van der Waals surface area (Å²) in [5.74, 6) is 0.420. The van der Waals surface area contributed by atoms with Crippen molar-refractivity contribution in [2.75, 3.05) is 30.9 Å². The van der Waals surface area contributed by atoms with Crippen molar-refractivity contribution >= 4 is 17.4 Å². The summed E-state index contributed by atoms with van der Waals surface area (Å²) in [6.07, 6.45) is 0.752. The zero-order valence-corrected chi connectivity index (χ0v) is 13.6. The van der Waals surface area contributed by atoms with Gasteiger partial charge in [-0.25, -0.2) is 4.79 Å². The monoisotopic (exact) mass is 293 g/mol. The van der Waals surface area contributed by atoms with E-state index >= 15 is 0 Å². The van der Waals surface area contributed by atoms with Crippen LogP contribution in [0.1, 0.15) is 25.8 Å². The number of hydrogen-bond donors (Lipinski definition) is 3. The molecule has 0 bridgehead atoms. The topological polar surface area (TPSA) is 64.6 Å². The third-order valence-corrected chi connectivity index (χ3v) is 3.25. The van der Waals surface area contributed by atoms with Gasteiger partial charge in [-0.05, 0) is 43.0 Å². The lowest BCUT2D eigenvalue weighted by atomic mass is 10.0. The highest BCUT2D eigenvalue weighted by atomic mass is 16.3. The van der Waals surface area contributed by atoms with Gasteiger partial charge in [0, 0.05) is 25.5 Å². The smallest absolute Gasteiger partial charge is 0.319 e. The maximum Gasteiger partial charge on any atom is 0.319 e. The summed E-state index contributed by atoms with van der Waals surface area (Å²) in [7, 11) is 3.97. The second-order valence-corrected chi connectivity index (χ2v) is 6.00. The third-order valence-electron chi connectivity index (χ3n) is 3.25. The zero-order chi connectivity index (χ0) is 16.0. The fourth-order valence-electron chi connectivity index (χ4n) is 2.34. The number of nitrogens with one attached hydrogen (secondary N) is 2. The van der Waals surface area contributed by atoms with Crippen LogP contribution in [-0.2, 0) is 0 Å². The Morgan fingerprint density at radius 1 is 1.33 bits per heavy atom. The third kappa shape index (κ3) is 5.63. The lowest BCUT2D eigenvalue weighted by Gasteiger charge is -2.19. The van der Waals surface area contributed by atoms with Gasteiger partial charge in [-0.1, -0.05) is 13.8 Å². The van der Waals surface area contributed by atoms with E-state index in [2.05, 4.69) is 24.5 Å². The molecule has 5 nitrogen and oxygen atoms in total. The fourth-order valence-corrected chi connectivity index (χ4v) is 2.34. The summed E-state index contributed by atoms with van der Waals surface area (Å²) in [5.41, 5.74) is 2.96. The minimum absolute atomic E-state index is 0.0514. The van der Waals surface area contributed by atoms with Crippen molar-refractivity contribution in [3.05, 3.63) is 23.8 Å². The van der Waals surface area contributed by atoms with E-state index in [0.717, 1.165) is 23.4 Å². The molecule has 0 saturated carbocycles. The van der Waals surface area contributed by atoms with Gasteiger partial charge in [-0.2, -0.15) is 0 Å². The van der Waals surface area contributed by atoms with Crippen molar-refractivity contribution in [3.63, 3.8) is 0 Å². The van der Waals surface area contributed by atoms with Crippen molar-refractivity contribution in [1.82, 2.24) is 5.32 Å². The quantitative estimate of drug-likeness (QED) is 0.755. The summed E-state index contributed by atoms with van der Waals surface area (Å²) >= 11 is 0. The summed E-state index contributed by atoms with van der Waals surface area (Å²) in [5, 5.41) is 14.9. The fraction of sp³-hybridized carbons (Fsp3) is 0.562. The Balaban J connectivity index is 2.64. The number of rotatable bonds is 6. The number of aliphatic hydroxyl groups excluding tert-OH is 1. The standard InChI is InChI=1S/C16H27N3O2/c1-11(2)8-14(10-20)18-16(21)17-13-6-7-15(19(4)5)12(3)9-13/h6-7,9,11,14,20H,8,10H2,1-5H3,(H2,17,18,21). The number of carbonyl (C=O) groups excluding carboxylic acids is 1. The highest BCUT2D eigenvalue weighted by Gasteiger charge is 2.13. The molecule has 1 aromatic carbocycles. The first-order valence-corrected chi connectivity index (χ1v) is 7.29. The summed E-state index contributed by atoms with van der Waals surface area (Å²) in [6.45, 7) is 6.08. The molecule has 0 radical (unpaired) electrons. The van der Waals surface area contributed by atoms with E-state index in [1.807, 2.05) is 44.1 Å². The first kappa shape index (κ1) is 17.3. The van der Waals surface area contributed by atoms with E-state index in [9.17, 15) is 9.90 Å². The van der Waals surface area contributed by atoms with E-state index in [4.69, 9.17) is 0 Å². The van der Waals surface area contributed by atoms with E-state index in [1.165, 1.54) is 0 Å². The molecular weight excluding hydrogens is 266 g/mol. The van der Waals surface area contributed by atoms with Gasteiger partial charge in [0.25, 0.3) is 0 Å². The molecule has 1 unspecified atom stereocenters. The minimum atomic E-state index is -0.285. The summed E-state index contributed by atoms with van der Waals surface area (Å²) < 4.78 is 0. The molecule has 0 spiro atoms. The largest absolute Gasteiger partial charge is 0.394 e. The second-order valence-electron chi connectivity index (χ2n) is 6.00. The van der Waals surface area contributed by atoms with Gasteiger partial charge >= 0.3 is 6.03 Å². The maximum atomic E-state index is 11.9. The van der Waals surface area contributed by atoms with Crippen LogP contribution < -0.4 is 15.5 Å². The average Bonchev–Trinajstić information content (AvgIpc) is 2.36. The first-order chi connectivity index (χ1) is 9.83. The lowest BCUT2D eigenvalue weighted by Crippen LogP contribution is -2.40. The first-order valence-electron chi connectivity index (χ1n) is 7.29. The molecule has 3 N–H and O–H groups in total. The number of anilines is 2. The lowest BCUT2D eigenvalue weighted by molar-refractivity contribution is 0.214. The van der Waals surface area contributed by atoms with Crippen LogP contribution in [0.15, 0.2) is 18.2 Å². The number of aliphatic hydroxyl groups is 1. The Morgan fingerprint density at radius 3 is 2.48 bits per heavy atom. The number of nitrogens with zero attached hydrogens (tertiary/aromatic N) is 1. The molecule has 0 aliphatic rings. The Morgan fingerprint density at radius 2 is 2.00 bits per heavy atom. The highest BCUT2D eigenvalue weighted by molar-refractivity contribution is 5.89. The Labute approximate surface area is 127 Å². The van der Waals surface area contributed by atoms with Crippen molar-refractivity contribution in [2.24, 2.45) is 5.92 Å². The van der Waals surface area contributed by atoms with Crippen LogP contribution in [0, 0.1) is 12.8 Å². The molecule has 0 fully saturated rings. The predicted molar refractivity (Wildman–Crippen MR) is 88.0 cm³/mol. The van der Waals surface area contributed by atoms with Crippen LogP contribution >= 0.6 is 0 Å². The van der Waals surface area contributed by atoms with Gasteiger partial charge in [0.05, 0.1) is 12.6 Å². The molecule has 2 amide bonds. The Kier molecular flexibility index (Phi) is 6.49. The maximum absolute atomic E-state index is 11.9. The number of hydrogen-bond acceptors (Lipinski definition) is 3. The molecule has 1 atom stereocenters. The van der Waals surface area contributed by atoms with Crippen molar-refractivity contribution in [2.45, 2.75) is 33.2 Å². The average molecular weight is 293 g/mol. The molecule has 0 saturated heterocycles. The van der Waals surface area contributed by atoms with Crippen LogP contribution in [0.25, 0.3) is 0 Å². The van der Waals surface area contributed by atoms with Crippen LogP contribution in [0.2, 0.25) is 0 Å². The van der Waals surface area contributed by atoms with E-state index in [1.54, 1.807) is 0 Å². The van der Waals surface area contributed by atoms with Crippen LogP contribution in [0.5, 0.6) is 0 Å². The second kappa shape index (κ2) is 7.88. The van der Waals surface area contributed by atoms with Gasteiger partial charge < -0.3 is 20.6 Å². The molecule has 1 rings (SSSR count). The predicted octanol–water partition coefficient (Wildman–Crippen LogP) is 2.59. The van der Waals surface area contributed by atoms with Gasteiger partial charge in [0.1, 0.15) is 0 Å². The zero-order valence-electron chi connectivity index (χ0n) is 13.6. The van der Waals surface area contributed by atoms with Gasteiger partial charge in [-0.15, -0.1) is 0 Å². The van der Waals surface area contributed by atoms with E-state index in [-0.39, 0.29) is 18.7 Å². The highest BCUT2D eigenvalue weighted by Crippen LogP contribution is 2.21. The van der Waals surface area contributed by atoms with Gasteiger partial charge in [-0.3, -0.25) is 0 Å². The number of aryl methyl sites for hydroxylation is 1. The van der Waals surface area contributed by atoms with Crippen LogP contribution in [0.3, 0.4) is 0 Å². The molecular formula is C16H27N3O2. The van der Waals surface area contributed by atoms with Crippen molar-refractivity contribution < 1.29 is 9.90 Å². The van der Waals surface area contributed by atoms with E-state index < -0.39 is 0 Å². The van der Waals surface area contributed by atoms with Crippen molar-refractivity contribution in [1.29, 1.82) is 0 Å². The summed E-state index contributed by atoms with van der Waals surface area (Å²) in [4.78, 5) is 14.0. The molecule has 0 heterocycles. The number of urea groups is 1. The minimum Gasteiger partial charge on any atom is -0.394 e. The Hall–Kier alpha value is -1.75.